The molecule has 0 atom stereocenters. The van der Waals surface area contributed by atoms with Gasteiger partial charge in [-0.25, -0.2) is 4.39 Å². The zero-order chi connectivity index (χ0) is 14.5. The third kappa shape index (κ3) is 3.53. The van der Waals surface area contributed by atoms with E-state index in [1.165, 1.54) is 12.1 Å². The number of hydrogen-bond acceptors (Lipinski definition) is 3. The molecule has 0 aliphatic rings. The van der Waals surface area contributed by atoms with Gasteiger partial charge in [0, 0.05) is 5.56 Å². The van der Waals surface area contributed by atoms with Crippen molar-refractivity contribution in [3.8, 4) is 5.75 Å². The van der Waals surface area contributed by atoms with Gasteiger partial charge in [-0.1, -0.05) is 30.4 Å². The second-order valence-electron chi connectivity index (χ2n) is 4.26. The lowest BCUT2D eigenvalue weighted by atomic mass is 10.1. The largest absolute Gasteiger partial charge is 0.489 e. The van der Waals surface area contributed by atoms with Crippen LogP contribution in [0.2, 0.25) is 0 Å². The number of halogens is 1. The van der Waals surface area contributed by atoms with Crippen LogP contribution in [0.15, 0.2) is 42.5 Å². The van der Waals surface area contributed by atoms with Crippen molar-refractivity contribution in [1.82, 2.24) is 0 Å². The molecule has 0 heterocycles. The number of rotatable bonds is 5. The zero-order valence-electron chi connectivity index (χ0n) is 10.7. The van der Waals surface area contributed by atoms with E-state index in [1.54, 1.807) is 30.3 Å². The molecular formula is C15H14FNO2S. The Balaban J connectivity index is 2.16. The first-order valence-electron chi connectivity index (χ1n) is 6.01. The minimum Gasteiger partial charge on any atom is -0.489 e. The fraction of sp³-hybridized carbons (Fsp3) is 0.133. The Morgan fingerprint density at radius 1 is 1.25 bits per heavy atom. The molecule has 0 unspecified atom stereocenters. The van der Waals surface area contributed by atoms with Gasteiger partial charge in [0.25, 0.3) is 0 Å². The van der Waals surface area contributed by atoms with Crippen molar-refractivity contribution in [2.24, 2.45) is 5.73 Å². The minimum atomic E-state index is -0.390. The number of hydrogen-bond donors (Lipinski definition) is 2. The molecule has 0 amide bonds. The van der Waals surface area contributed by atoms with Gasteiger partial charge in [0.05, 0.1) is 6.61 Å². The van der Waals surface area contributed by atoms with Gasteiger partial charge in [0.2, 0.25) is 0 Å². The first kappa shape index (κ1) is 14.4. The van der Waals surface area contributed by atoms with Gasteiger partial charge in [-0.05, 0) is 35.4 Å². The van der Waals surface area contributed by atoms with Gasteiger partial charge in [-0.3, -0.25) is 0 Å². The average molecular weight is 291 g/mol. The summed E-state index contributed by atoms with van der Waals surface area (Å²) < 4.78 is 18.8. The van der Waals surface area contributed by atoms with E-state index in [-0.39, 0.29) is 24.0 Å². The maximum atomic E-state index is 13.2. The highest BCUT2D eigenvalue weighted by Gasteiger charge is 2.08. The summed E-state index contributed by atoms with van der Waals surface area (Å²) in [6, 6.07) is 11.3. The molecule has 2 aromatic rings. The van der Waals surface area contributed by atoms with Crippen molar-refractivity contribution in [3.63, 3.8) is 0 Å². The van der Waals surface area contributed by atoms with Crippen LogP contribution in [0.1, 0.15) is 16.7 Å². The number of benzene rings is 2. The summed E-state index contributed by atoms with van der Waals surface area (Å²) in [7, 11) is 0. The molecule has 2 aromatic carbocycles. The average Bonchev–Trinajstić information content (AvgIpc) is 2.46. The summed E-state index contributed by atoms with van der Waals surface area (Å²) in [5, 5.41) is 9.06. The Labute approximate surface area is 121 Å². The number of thiocarbonyl (C=S) groups is 1. The highest BCUT2D eigenvalue weighted by Crippen LogP contribution is 2.17. The summed E-state index contributed by atoms with van der Waals surface area (Å²) in [5.74, 6) is 0.230. The Morgan fingerprint density at radius 3 is 2.75 bits per heavy atom. The third-order valence-electron chi connectivity index (χ3n) is 2.81. The lowest BCUT2D eigenvalue weighted by Crippen LogP contribution is -2.14. The minimum absolute atomic E-state index is 0.0497. The summed E-state index contributed by atoms with van der Waals surface area (Å²) in [5.41, 5.74) is 7.52. The van der Waals surface area contributed by atoms with E-state index in [0.717, 1.165) is 5.56 Å². The van der Waals surface area contributed by atoms with E-state index < -0.39 is 0 Å². The van der Waals surface area contributed by atoms with Crippen LogP contribution in [0, 0.1) is 5.82 Å². The Hall–Kier alpha value is -1.98. The van der Waals surface area contributed by atoms with E-state index in [9.17, 15) is 4.39 Å². The molecule has 104 valence electrons. The molecule has 20 heavy (non-hydrogen) atoms. The van der Waals surface area contributed by atoms with Crippen molar-refractivity contribution >= 4 is 17.2 Å². The van der Waals surface area contributed by atoms with E-state index in [2.05, 4.69) is 0 Å². The molecule has 3 nitrogen and oxygen atoms in total. The highest BCUT2D eigenvalue weighted by molar-refractivity contribution is 7.80. The van der Waals surface area contributed by atoms with Crippen molar-refractivity contribution < 1.29 is 14.2 Å². The normalized spacial score (nSPS) is 10.3. The maximum Gasteiger partial charge on any atom is 0.123 e. The maximum absolute atomic E-state index is 13.2. The van der Waals surface area contributed by atoms with Crippen LogP contribution in [0.5, 0.6) is 5.75 Å². The van der Waals surface area contributed by atoms with E-state index >= 15 is 0 Å². The fourth-order valence-corrected chi connectivity index (χ4v) is 1.99. The fourth-order valence-electron chi connectivity index (χ4n) is 1.80. The van der Waals surface area contributed by atoms with Crippen LogP contribution in [0.25, 0.3) is 0 Å². The quantitative estimate of drug-likeness (QED) is 0.831. The molecule has 0 fully saturated rings. The first-order chi connectivity index (χ1) is 9.60. The highest BCUT2D eigenvalue weighted by atomic mass is 32.1. The molecule has 0 spiro atoms. The van der Waals surface area contributed by atoms with Crippen LogP contribution in [-0.4, -0.2) is 10.1 Å². The van der Waals surface area contributed by atoms with Crippen LogP contribution in [0.3, 0.4) is 0 Å². The van der Waals surface area contributed by atoms with Gasteiger partial charge in [-0.2, -0.15) is 0 Å². The summed E-state index contributed by atoms with van der Waals surface area (Å²) in [6.07, 6.45) is 0. The molecular weight excluding hydrogens is 277 g/mol. The van der Waals surface area contributed by atoms with Crippen LogP contribution in [-0.2, 0) is 13.2 Å². The second-order valence-corrected chi connectivity index (χ2v) is 4.70. The molecule has 3 N–H and O–H groups in total. The molecule has 0 radical (unpaired) electrons. The van der Waals surface area contributed by atoms with Crippen LogP contribution >= 0.6 is 12.2 Å². The summed E-state index contributed by atoms with van der Waals surface area (Å²) >= 11 is 4.90. The number of aliphatic hydroxyl groups excluding tert-OH is 1. The lowest BCUT2D eigenvalue weighted by Gasteiger charge is -2.11. The number of ether oxygens (including phenoxy) is 1. The Kier molecular flexibility index (Phi) is 4.65. The van der Waals surface area contributed by atoms with Gasteiger partial charge >= 0.3 is 0 Å². The van der Waals surface area contributed by atoms with E-state index in [4.69, 9.17) is 27.8 Å². The molecule has 0 aliphatic carbocycles. The van der Waals surface area contributed by atoms with Crippen LogP contribution in [0.4, 0.5) is 4.39 Å². The molecule has 5 heteroatoms. The molecule has 0 aromatic heterocycles. The summed E-state index contributed by atoms with van der Waals surface area (Å²) in [6.45, 7) is 0.174. The predicted molar refractivity (Wildman–Crippen MR) is 79.0 cm³/mol. The van der Waals surface area contributed by atoms with Gasteiger partial charge in [0.15, 0.2) is 0 Å². The molecule has 0 bridgehead atoms. The SMILES string of the molecule is NC(=S)c1cc(F)ccc1COc1cccc(CO)c1. The zero-order valence-corrected chi connectivity index (χ0v) is 11.5. The smallest absolute Gasteiger partial charge is 0.123 e. The second kappa shape index (κ2) is 6.45. The predicted octanol–water partition coefficient (Wildman–Crippen LogP) is 2.53. The van der Waals surface area contributed by atoms with Crippen molar-refractivity contribution in [3.05, 3.63) is 65.0 Å². The third-order valence-corrected chi connectivity index (χ3v) is 3.03. The van der Waals surface area contributed by atoms with Gasteiger partial charge in [-0.15, -0.1) is 0 Å². The van der Waals surface area contributed by atoms with Crippen molar-refractivity contribution in [2.45, 2.75) is 13.2 Å². The lowest BCUT2D eigenvalue weighted by molar-refractivity contribution is 0.278. The number of nitrogens with two attached hydrogens (primary N) is 1. The van der Waals surface area contributed by atoms with Gasteiger partial charge < -0.3 is 15.6 Å². The van der Waals surface area contributed by atoms with Gasteiger partial charge in [0.1, 0.15) is 23.2 Å². The molecule has 2 rings (SSSR count). The molecule has 0 saturated carbocycles. The molecule has 0 saturated heterocycles. The first-order valence-corrected chi connectivity index (χ1v) is 6.42. The van der Waals surface area contributed by atoms with E-state index in [0.29, 0.717) is 16.9 Å². The monoisotopic (exact) mass is 291 g/mol. The van der Waals surface area contributed by atoms with Crippen molar-refractivity contribution in [1.29, 1.82) is 0 Å². The Bertz CT molecular complexity index is 631. The summed E-state index contributed by atoms with van der Waals surface area (Å²) in [4.78, 5) is 0.132. The van der Waals surface area contributed by atoms with Crippen molar-refractivity contribution in [2.75, 3.05) is 0 Å². The Morgan fingerprint density at radius 2 is 2.05 bits per heavy atom. The standard InChI is InChI=1S/C15H14FNO2S/c16-12-5-4-11(14(7-12)15(17)20)9-19-13-3-1-2-10(6-13)8-18/h1-7,18H,8-9H2,(H2,17,20). The number of aliphatic hydroxyl groups is 1. The van der Waals surface area contributed by atoms with Crippen LogP contribution < -0.4 is 10.5 Å². The topological polar surface area (TPSA) is 55.5 Å². The molecule has 0 aliphatic heterocycles. The van der Waals surface area contributed by atoms with E-state index in [1.807, 2.05) is 0 Å².